The van der Waals surface area contributed by atoms with Gasteiger partial charge in [-0.2, -0.15) is 0 Å². The van der Waals surface area contributed by atoms with Crippen LogP contribution >= 0.6 is 11.6 Å². The average molecular weight is 226 g/mol. The van der Waals surface area contributed by atoms with E-state index in [9.17, 15) is 4.21 Å². The van der Waals surface area contributed by atoms with Gasteiger partial charge in [0.1, 0.15) is 0 Å². The van der Waals surface area contributed by atoms with E-state index in [1.54, 1.807) is 0 Å². The van der Waals surface area contributed by atoms with Gasteiger partial charge in [-0.05, 0) is 0 Å². The lowest BCUT2D eigenvalue weighted by molar-refractivity contribution is 0.118. The van der Waals surface area contributed by atoms with Crippen LogP contribution in [0.5, 0.6) is 0 Å². The van der Waals surface area contributed by atoms with Crippen LogP contribution in [-0.4, -0.2) is 59.3 Å². The van der Waals surface area contributed by atoms with Gasteiger partial charge in [-0.1, -0.05) is 0 Å². The largest absolute Gasteiger partial charge is 0.379 e. The molecule has 5 heteroatoms. The summed E-state index contributed by atoms with van der Waals surface area (Å²) in [4.78, 5) is 2.29. The maximum Gasteiger partial charge on any atom is 0.0602 e. The van der Waals surface area contributed by atoms with Crippen LogP contribution in [0.15, 0.2) is 0 Å². The lowest BCUT2D eigenvalue weighted by Gasteiger charge is -2.25. The molecule has 0 atom stereocenters. The molecule has 0 aromatic carbocycles. The van der Waals surface area contributed by atoms with E-state index < -0.39 is 10.8 Å². The second kappa shape index (κ2) is 6.76. The highest BCUT2D eigenvalue weighted by Gasteiger charge is 2.13. The first-order valence-corrected chi connectivity index (χ1v) is 6.56. The molecule has 0 spiro atoms. The third-order valence-electron chi connectivity index (χ3n) is 2.04. The van der Waals surface area contributed by atoms with Crippen molar-refractivity contribution in [1.29, 1.82) is 0 Å². The molecule has 0 saturated carbocycles. The fourth-order valence-corrected chi connectivity index (χ4v) is 2.49. The van der Waals surface area contributed by atoms with Gasteiger partial charge in [-0.25, -0.2) is 0 Å². The minimum Gasteiger partial charge on any atom is -0.379 e. The third kappa shape index (κ3) is 4.96. The molecular weight excluding hydrogens is 210 g/mol. The van der Waals surface area contributed by atoms with Crippen LogP contribution in [0.25, 0.3) is 0 Å². The fraction of sp³-hybridized carbons (Fsp3) is 1.00. The summed E-state index contributed by atoms with van der Waals surface area (Å²) in [6, 6.07) is 0. The zero-order valence-electron chi connectivity index (χ0n) is 7.71. The molecule has 1 aliphatic rings. The number of rotatable bonds is 5. The second-order valence-electron chi connectivity index (χ2n) is 2.99. The van der Waals surface area contributed by atoms with E-state index in [1.165, 1.54) is 0 Å². The number of hydrogen-bond donors (Lipinski definition) is 0. The summed E-state index contributed by atoms with van der Waals surface area (Å²) in [6.45, 7) is 4.18. The maximum absolute atomic E-state index is 11.0. The Bertz CT molecular complexity index is 158. The van der Waals surface area contributed by atoms with Crippen molar-refractivity contribution in [2.45, 2.75) is 0 Å². The molecule has 78 valence electrons. The van der Waals surface area contributed by atoms with Gasteiger partial charge in [0.15, 0.2) is 0 Å². The minimum atomic E-state index is -0.573. The summed E-state index contributed by atoms with van der Waals surface area (Å²) in [7, 11) is -0.573. The molecule has 0 aliphatic carbocycles. The van der Waals surface area contributed by atoms with Crippen LogP contribution < -0.4 is 0 Å². The van der Waals surface area contributed by atoms with Crippen LogP contribution in [0.4, 0.5) is 0 Å². The molecule has 3 nitrogen and oxygen atoms in total. The second-order valence-corrected chi connectivity index (χ2v) is 5.07. The maximum atomic E-state index is 11.0. The lowest BCUT2D eigenvalue weighted by Crippen LogP contribution is -2.39. The first kappa shape index (κ1) is 11.4. The topological polar surface area (TPSA) is 29.5 Å². The number of nitrogens with zero attached hydrogens (tertiary/aromatic N) is 1. The Morgan fingerprint density at radius 1 is 1.31 bits per heavy atom. The Kier molecular flexibility index (Phi) is 5.95. The van der Waals surface area contributed by atoms with E-state index >= 15 is 0 Å². The Morgan fingerprint density at radius 2 is 2.00 bits per heavy atom. The van der Waals surface area contributed by atoms with Gasteiger partial charge >= 0.3 is 0 Å². The molecule has 1 fully saturated rings. The highest BCUT2D eigenvalue weighted by atomic mass is 35.5. The van der Waals surface area contributed by atoms with Crippen LogP contribution in [0.1, 0.15) is 0 Å². The Labute approximate surface area is 86.8 Å². The van der Waals surface area contributed by atoms with Crippen LogP contribution in [-0.2, 0) is 15.5 Å². The van der Waals surface area contributed by atoms with Crippen LogP contribution in [0.3, 0.4) is 0 Å². The van der Waals surface area contributed by atoms with E-state index in [4.69, 9.17) is 16.3 Å². The summed E-state index contributed by atoms with van der Waals surface area (Å²) in [5.41, 5.74) is 0. The number of ether oxygens (including phenoxy) is 1. The first-order chi connectivity index (χ1) is 6.33. The molecule has 1 rings (SSSR count). The van der Waals surface area contributed by atoms with E-state index in [0.717, 1.165) is 37.7 Å². The molecule has 0 N–H and O–H groups in total. The number of alkyl halides is 1. The molecule has 0 aromatic heterocycles. The molecule has 0 unspecified atom stereocenters. The summed E-state index contributed by atoms with van der Waals surface area (Å²) in [6.07, 6.45) is 0. The van der Waals surface area contributed by atoms with Crippen molar-refractivity contribution < 1.29 is 8.95 Å². The Morgan fingerprint density at radius 3 is 2.62 bits per heavy atom. The van der Waals surface area contributed by atoms with Crippen LogP contribution in [0, 0.1) is 0 Å². The molecule has 13 heavy (non-hydrogen) atoms. The third-order valence-corrected chi connectivity index (χ3v) is 3.47. The zero-order valence-corrected chi connectivity index (χ0v) is 9.28. The molecule has 1 aliphatic heterocycles. The van der Waals surface area contributed by atoms with Crippen molar-refractivity contribution in [2.24, 2.45) is 0 Å². The Balaban J connectivity index is 1.99. The van der Waals surface area contributed by atoms with E-state index in [0.29, 0.717) is 12.5 Å². The molecule has 1 saturated heterocycles. The van der Waals surface area contributed by atoms with Crippen molar-refractivity contribution in [3.8, 4) is 0 Å². The van der Waals surface area contributed by atoms with Crippen molar-refractivity contribution in [3.05, 3.63) is 0 Å². The fourth-order valence-electron chi connectivity index (χ4n) is 1.25. The smallest absolute Gasteiger partial charge is 0.0602 e. The molecule has 0 aromatic rings. The van der Waals surface area contributed by atoms with Gasteiger partial charge < -0.3 is 4.74 Å². The SMILES string of the molecule is O=S1CCN(CCOCCCl)CC1. The van der Waals surface area contributed by atoms with E-state index in [2.05, 4.69) is 4.90 Å². The summed E-state index contributed by atoms with van der Waals surface area (Å²) >= 11 is 5.46. The van der Waals surface area contributed by atoms with Gasteiger partial charge in [0.25, 0.3) is 0 Å². The first-order valence-electron chi connectivity index (χ1n) is 4.54. The molecule has 0 radical (unpaired) electrons. The monoisotopic (exact) mass is 225 g/mol. The lowest BCUT2D eigenvalue weighted by atomic mass is 10.5. The quantitative estimate of drug-likeness (QED) is 0.498. The zero-order chi connectivity index (χ0) is 9.52. The van der Waals surface area contributed by atoms with Gasteiger partial charge in [-0.15, -0.1) is 11.6 Å². The predicted molar refractivity (Wildman–Crippen MR) is 55.9 cm³/mol. The normalized spacial score (nSPS) is 20.7. The molecule has 1 heterocycles. The highest BCUT2D eigenvalue weighted by Crippen LogP contribution is 1.99. The molecular formula is C8H16ClNO2S. The van der Waals surface area contributed by atoms with Gasteiger partial charge in [-0.3, -0.25) is 9.11 Å². The summed E-state index contributed by atoms with van der Waals surface area (Å²) in [5.74, 6) is 2.19. The standard InChI is InChI=1S/C8H16ClNO2S/c9-1-5-12-6-2-10-3-7-13(11)8-4-10/h1-8H2. The molecule has 0 amide bonds. The highest BCUT2D eigenvalue weighted by molar-refractivity contribution is 7.85. The van der Waals surface area contributed by atoms with Crippen molar-refractivity contribution in [2.75, 3.05) is 50.2 Å². The Hall–Kier alpha value is 0.360. The average Bonchev–Trinajstić information content (AvgIpc) is 2.15. The van der Waals surface area contributed by atoms with E-state index in [-0.39, 0.29) is 0 Å². The van der Waals surface area contributed by atoms with Crippen molar-refractivity contribution in [1.82, 2.24) is 4.90 Å². The number of halogens is 1. The van der Waals surface area contributed by atoms with Crippen LogP contribution in [0.2, 0.25) is 0 Å². The van der Waals surface area contributed by atoms with Gasteiger partial charge in [0.2, 0.25) is 0 Å². The van der Waals surface area contributed by atoms with Crippen molar-refractivity contribution >= 4 is 22.4 Å². The summed E-state index contributed by atoms with van der Waals surface area (Å²) in [5, 5.41) is 0. The number of hydrogen-bond acceptors (Lipinski definition) is 3. The minimum absolute atomic E-state index is 0.560. The van der Waals surface area contributed by atoms with Gasteiger partial charge in [0, 0.05) is 47.8 Å². The molecule has 0 bridgehead atoms. The van der Waals surface area contributed by atoms with Gasteiger partial charge in [0.05, 0.1) is 13.2 Å². The van der Waals surface area contributed by atoms with E-state index in [1.807, 2.05) is 0 Å². The van der Waals surface area contributed by atoms with Crippen molar-refractivity contribution in [3.63, 3.8) is 0 Å². The summed E-state index contributed by atoms with van der Waals surface area (Å²) < 4.78 is 16.3. The predicted octanol–water partition coefficient (Wildman–Crippen LogP) is 0.306.